The summed E-state index contributed by atoms with van der Waals surface area (Å²) in [6.07, 6.45) is 11.8. The molecule has 1 aromatic heterocycles. The van der Waals surface area contributed by atoms with Crippen LogP contribution in [0.25, 0.3) is 5.57 Å². The van der Waals surface area contributed by atoms with Gasteiger partial charge in [0, 0.05) is 25.3 Å². The average Bonchev–Trinajstić information content (AvgIpc) is 3.22. The molecule has 152 valence electrons. The first kappa shape index (κ1) is 19.6. The van der Waals surface area contributed by atoms with Crippen molar-refractivity contribution in [3.05, 3.63) is 23.2 Å². The Kier molecular flexibility index (Phi) is 5.81. The maximum atomic E-state index is 12.3. The number of aromatic nitrogens is 2. The van der Waals surface area contributed by atoms with Gasteiger partial charge in [-0.05, 0) is 70.5 Å². The van der Waals surface area contributed by atoms with Crippen LogP contribution in [0, 0.1) is 5.92 Å². The third-order valence-electron chi connectivity index (χ3n) is 6.78. The van der Waals surface area contributed by atoms with E-state index in [-0.39, 0.29) is 6.10 Å². The number of rotatable bonds is 7. The number of allylic oxidation sites excluding steroid dienone is 2. The molecule has 1 fully saturated rings. The molecule has 5 heteroatoms. The molecule has 1 atom stereocenters. The molecule has 28 heavy (non-hydrogen) atoms. The summed E-state index contributed by atoms with van der Waals surface area (Å²) in [5, 5.41) is 0. The minimum absolute atomic E-state index is 0.237. The summed E-state index contributed by atoms with van der Waals surface area (Å²) < 4.78 is 6.45. The van der Waals surface area contributed by atoms with Crippen LogP contribution in [0.5, 0.6) is 5.88 Å². The Morgan fingerprint density at radius 3 is 2.68 bits per heavy atom. The van der Waals surface area contributed by atoms with E-state index in [9.17, 15) is 4.79 Å². The van der Waals surface area contributed by atoms with Crippen molar-refractivity contribution in [1.29, 1.82) is 0 Å². The summed E-state index contributed by atoms with van der Waals surface area (Å²) in [6.45, 7) is 2.08. The van der Waals surface area contributed by atoms with Gasteiger partial charge in [0.05, 0.1) is 11.3 Å². The fraction of sp³-hybridized carbons (Fsp3) is 0.696. The quantitative estimate of drug-likeness (QED) is 0.706. The minimum Gasteiger partial charge on any atom is -0.474 e. The molecule has 0 N–H and O–H groups in total. The largest absolute Gasteiger partial charge is 0.474 e. The van der Waals surface area contributed by atoms with E-state index in [2.05, 4.69) is 35.9 Å². The van der Waals surface area contributed by atoms with E-state index in [4.69, 9.17) is 4.74 Å². The first-order valence-corrected chi connectivity index (χ1v) is 11.0. The molecule has 1 aromatic rings. The van der Waals surface area contributed by atoms with Crippen molar-refractivity contribution in [3.63, 3.8) is 0 Å². The zero-order valence-corrected chi connectivity index (χ0v) is 17.5. The maximum absolute atomic E-state index is 12.3. The number of ketones is 1. The molecular formula is C23H33N3O2. The number of ether oxygens (including phenoxy) is 1. The predicted octanol–water partition coefficient (Wildman–Crippen LogP) is 4.21. The fourth-order valence-corrected chi connectivity index (χ4v) is 5.28. The highest BCUT2D eigenvalue weighted by molar-refractivity contribution is 5.86. The SMILES string of the molecule is CCCC(=O)C[C@H]1CCC2=C1c1c(ncnc1OC1CCC(N(C)C)CC1)C2. The van der Waals surface area contributed by atoms with E-state index in [0.29, 0.717) is 30.6 Å². The maximum Gasteiger partial charge on any atom is 0.224 e. The number of Topliss-reactive ketones (excluding diaryl/α,β-unsaturated/α-hetero) is 1. The summed E-state index contributed by atoms with van der Waals surface area (Å²) in [7, 11) is 4.33. The van der Waals surface area contributed by atoms with Gasteiger partial charge < -0.3 is 9.64 Å². The topological polar surface area (TPSA) is 55.3 Å². The van der Waals surface area contributed by atoms with Gasteiger partial charge >= 0.3 is 0 Å². The van der Waals surface area contributed by atoms with Crippen LogP contribution in [0.2, 0.25) is 0 Å². The predicted molar refractivity (Wildman–Crippen MR) is 110 cm³/mol. The summed E-state index contributed by atoms with van der Waals surface area (Å²) in [5.74, 6) is 1.47. The van der Waals surface area contributed by atoms with Crippen LogP contribution in [-0.4, -0.2) is 46.9 Å². The highest BCUT2D eigenvalue weighted by Gasteiger charge is 2.37. The van der Waals surface area contributed by atoms with Crippen LogP contribution < -0.4 is 4.74 Å². The van der Waals surface area contributed by atoms with E-state index in [0.717, 1.165) is 55.7 Å². The zero-order valence-electron chi connectivity index (χ0n) is 17.5. The zero-order chi connectivity index (χ0) is 19.7. The van der Waals surface area contributed by atoms with E-state index < -0.39 is 0 Å². The van der Waals surface area contributed by atoms with Crippen molar-refractivity contribution in [2.75, 3.05) is 14.1 Å². The molecule has 0 unspecified atom stereocenters. The second kappa shape index (κ2) is 8.32. The van der Waals surface area contributed by atoms with Gasteiger partial charge in [-0.1, -0.05) is 12.5 Å². The molecule has 4 rings (SSSR count). The first-order valence-electron chi connectivity index (χ1n) is 11.0. The standard InChI is InChI=1S/C23H33N3O2/c1-4-5-18(27)12-15-6-7-16-13-20-22(21(15)16)23(25-14-24-20)28-19-10-8-17(9-11-19)26(2)3/h14-15,17,19H,4-13H2,1-3H3/t15-,17?,19?/m1/s1. The lowest BCUT2D eigenvalue weighted by Crippen LogP contribution is -2.35. The van der Waals surface area contributed by atoms with Crippen molar-refractivity contribution in [1.82, 2.24) is 14.9 Å². The Morgan fingerprint density at radius 2 is 1.96 bits per heavy atom. The summed E-state index contributed by atoms with van der Waals surface area (Å²) in [6, 6.07) is 0.661. The lowest BCUT2D eigenvalue weighted by atomic mass is 9.90. The van der Waals surface area contributed by atoms with Gasteiger partial charge in [-0.3, -0.25) is 4.79 Å². The molecule has 0 bridgehead atoms. The Labute approximate surface area is 168 Å². The van der Waals surface area contributed by atoms with Crippen molar-refractivity contribution >= 4 is 11.4 Å². The van der Waals surface area contributed by atoms with Crippen molar-refractivity contribution in [2.45, 2.75) is 83.3 Å². The molecule has 1 saturated carbocycles. The highest BCUT2D eigenvalue weighted by Crippen LogP contribution is 2.50. The van der Waals surface area contributed by atoms with Crippen LogP contribution >= 0.6 is 0 Å². The molecule has 0 radical (unpaired) electrons. The fourth-order valence-electron chi connectivity index (χ4n) is 5.28. The lowest BCUT2D eigenvalue weighted by Gasteiger charge is -2.32. The van der Waals surface area contributed by atoms with Crippen molar-refractivity contribution in [2.24, 2.45) is 5.92 Å². The third kappa shape index (κ3) is 3.86. The van der Waals surface area contributed by atoms with Gasteiger partial charge in [0.2, 0.25) is 5.88 Å². The number of hydrogen-bond acceptors (Lipinski definition) is 5. The second-order valence-corrected chi connectivity index (χ2v) is 8.93. The van der Waals surface area contributed by atoms with Crippen molar-refractivity contribution < 1.29 is 9.53 Å². The molecule has 5 nitrogen and oxygen atoms in total. The van der Waals surface area contributed by atoms with E-state index in [1.807, 2.05) is 0 Å². The smallest absolute Gasteiger partial charge is 0.224 e. The molecule has 3 aliphatic rings. The van der Waals surface area contributed by atoms with Gasteiger partial charge in [0.15, 0.2) is 0 Å². The Hall–Kier alpha value is -1.75. The molecule has 3 aliphatic carbocycles. The van der Waals surface area contributed by atoms with Crippen LogP contribution in [-0.2, 0) is 11.2 Å². The van der Waals surface area contributed by atoms with Crippen molar-refractivity contribution in [3.8, 4) is 5.88 Å². The van der Waals surface area contributed by atoms with Gasteiger partial charge in [-0.15, -0.1) is 0 Å². The summed E-state index contributed by atoms with van der Waals surface area (Å²) in [4.78, 5) is 23.7. The monoisotopic (exact) mass is 383 g/mol. The van der Waals surface area contributed by atoms with E-state index in [1.54, 1.807) is 6.33 Å². The Balaban J connectivity index is 1.51. The minimum atomic E-state index is 0.237. The lowest BCUT2D eigenvalue weighted by molar-refractivity contribution is -0.119. The van der Waals surface area contributed by atoms with Crippen LogP contribution in [0.3, 0.4) is 0 Å². The van der Waals surface area contributed by atoms with Crippen LogP contribution in [0.4, 0.5) is 0 Å². The van der Waals surface area contributed by atoms with Gasteiger partial charge in [0.1, 0.15) is 18.2 Å². The van der Waals surface area contributed by atoms with Crippen LogP contribution in [0.15, 0.2) is 11.9 Å². The van der Waals surface area contributed by atoms with Crippen LogP contribution in [0.1, 0.15) is 76.0 Å². The number of hydrogen-bond donors (Lipinski definition) is 0. The number of nitrogens with zero attached hydrogens (tertiary/aromatic N) is 3. The molecule has 0 spiro atoms. The van der Waals surface area contributed by atoms with E-state index in [1.165, 1.54) is 24.0 Å². The second-order valence-electron chi connectivity index (χ2n) is 8.93. The molecule has 0 aromatic carbocycles. The normalized spacial score (nSPS) is 26.5. The molecule has 1 heterocycles. The summed E-state index contributed by atoms with van der Waals surface area (Å²) in [5.41, 5.74) is 5.03. The molecule has 0 amide bonds. The van der Waals surface area contributed by atoms with E-state index >= 15 is 0 Å². The van der Waals surface area contributed by atoms with Gasteiger partial charge in [-0.25, -0.2) is 9.97 Å². The average molecular weight is 384 g/mol. The third-order valence-corrected chi connectivity index (χ3v) is 6.78. The number of carbonyl (C=O) groups excluding carboxylic acids is 1. The number of fused-ring (bicyclic) bond motifs is 2. The molecule has 0 saturated heterocycles. The molecular weight excluding hydrogens is 350 g/mol. The van der Waals surface area contributed by atoms with Gasteiger partial charge in [-0.2, -0.15) is 0 Å². The first-order chi connectivity index (χ1) is 13.6. The Bertz CT molecular complexity index is 763. The molecule has 0 aliphatic heterocycles. The number of carbonyl (C=O) groups is 1. The van der Waals surface area contributed by atoms with Gasteiger partial charge in [0.25, 0.3) is 0 Å². The summed E-state index contributed by atoms with van der Waals surface area (Å²) >= 11 is 0. The highest BCUT2D eigenvalue weighted by atomic mass is 16.5. The Morgan fingerprint density at radius 1 is 1.18 bits per heavy atom.